The lowest BCUT2D eigenvalue weighted by molar-refractivity contribution is 0.745. The van der Waals surface area contributed by atoms with Crippen molar-refractivity contribution in [3.63, 3.8) is 0 Å². The van der Waals surface area contributed by atoms with Crippen LogP contribution in [0.2, 0.25) is 0 Å². The molecule has 0 aliphatic rings. The van der Waals surface area contributed by atoms with Crippen LogP contribution in [0.5, 0.6) is 0 Å². The first-order valence-corrected chi connectivity index (χ1v) is 4.92. The monoisotopic (exact) mass is 202 g/mol. The van der Waals surface area contributed by atoms with Crippen molar-refractivity contribution in [3.05, 3.63) is 35.7 Å². The van der Waals surface area contributed by atoms with Gasteiger partial charge >= 0.3 is 0 Å². The van der Waals surface area contributed by atoms with Crippen LogP contribution in [0.15, 0.2) is 24.3 Å². The van der Waals surface area contributed by atoms with Crippen LogP contribution in [0.25, 0.3) is 11.4 Å². The number of aromatic amines is 1. The first kappa shape index (κ1) is 9.86. The number of nitrogens with two attached hydrogens (primary N) is 1. The van der Waals surface area contributed by atoms with Gasteiger partial charge in [-0.2, -0.15) is 5.10 Å². The van der Waals surface area contributed by atoms with Crippen molar-refractivity contribution in [2.75, 3.05) is 0 Å². The third kappa shape index (κ3) is 2.05. The minimum Gasteiger partial charge on any atom is -0.322 e. The van der Waals surface area contributed by atoms with E-state index in [1.54, 1.807) is 0 Å². The average molecular weight is 202 g/mol. The second kappa shape index (κ2) is 3.82. The number of nitrogens with one attached hydrogen (secondary N) is 1. The first-order chi connectivity index (χ1) is 7.16. The lowest BCUT2D eigenvalue weighted by Crippen LogP contribution is -2.06. The third-order valence-corrected chi connectivity index (χ3v) is 2.21. The topological polar surface area (TPSA) is 67.6 Å². The van der Waals surface area contributed by atoms with Crippen LogP contribution in [0, 0.1) is 6.92 Å². The lowest BCUT2D eigenvalue weighted by atomic mass is 10.1. The Morgan fingerprint density at radius 3 is 2.80 bits per heavy atom. The Balaban J connectivity index is 2.37. The molecule has 1 heterocycles. The molecule has 0 radical (unpaired) electrons. The van der Waals surface area contributed by atoms with Crippen molar-refractivity contribution in [1.82, 2.24) is 15.2 Å². The summed E-state index contributed by atoms with van der Waals surface area (Å²) in [4.78, 5) is 4.33. The van der Waals surface area contributed by atoms with Gasteiger partial charge in [-0.05, 0) is 19.9 Å². The second-order valence-corrected chi connectivity index (χ2v) is 3.70. The molecule has 4 nitrogen and oxygen atoms in total. The summed E-state index contributed by atoms with van der Waals surface area (Å²) in [7, 11) is 0. The highest BCUT2D eigenvalue weighted by Gasteiger charge is 2.08. The molecule has 1 atom stereocenters. The van der Waals surface area contributed by atoms with E-state index >= 15 is 0 Å². The Kier molecular flexibility index (Phi) is 2.51. The van der Waals surface area contributed by atoms with E-state index in [2.05, 4.69) is 15.2 Å². The number of hydrogen-bond donors (Lipinski definition) is 2. The first-order valence-electron chi connectivity index (χ1n) is 4.92. The lowest BCUT2D eigenvalue weighted by Gasteiger charge is -1.97. The highest BCUT2D eigenvalue weighted by molar-refractivity contribution is 5.55. The fourth-order valence-electron chi connectivity index (χ4n) is 1.39. The largest absolute Gasteiger partial charge is 0.322 e. The van der Waals surface area contributed by atoms with Gasteiger partial charge in [0, 0.05) is 5.56 Å². The van der Waals surface area contributed by atoms with Gasteiger partial charge in [0.1, 0.15) is 5.82 Å². The van der Waals surface area contributed by atoms with Gasteiger partial charge in [-0.3, -0.25) is 5.10 Å². The highest BCUT2D eigenvalue weighted by atomic mass is 15.2. The van der Waals surface area contributed by atoms with Gasteiger partial charge in [-0.15, -0.1) is 0 Å². The minimum absolute atomic E-state index is 0.115. The quantitative estimate of drug-likeness (QED) is 0.780. The second-order valence-electron chi connectivity index (χ2n) is 3.70. The summed E-state index contributed by atoms with van der Waals surface area (Å²) in [6, 6.07) is 7.96. The molecule has 1 aromatic heterocycles. The van der Waals surface area contributed by atoms with Gasteiger partial charge in [0.05, 0.1) is 6.04 Å². The SMILES string of the molecule is Cc1cccc(-c2n[nH]c([C@@H](C)N)n2)c1. The molecule has 0 aliphatic heterocycles. The summed E-state index contributed by atoms with van der Waals surface area (Å²) in [5.41, 5.74) is 7.91. The smallest absolute Gasteiger partial charge is 0.181 e. The van der Waals surface area contributed by atoms with Gasteiger partial charge < -0.3 is 5.73 Å². The molecule has 0 spiro atoms. The molecule has 0 unspecified atom stereocenters. The predicted molar refractivity (Wildman–Crippen MR) is 59.2 cm³/mol. The molecule has 1 aromatic carbocycles. The zero-order valence-electron chi connectivity index (χ0n) is 8.86. The number of rotatable bonds is 2. The fraction of sp³-hybridized carbons (Fsp3) is 0.273. The maximum absolute atomic E-state index is 5.70. The van der Waals surface area contributed by atoms with Gasteiger partial charge in [0.25, 0.3) is 0 Å². The van der Waals surface area contributed by atoms with E-state index in [-0.39, 0.29) is 6.04 Å². The van der Waals surface area contributed by atoms with Crippen molar-refractivity contribution in [1.29, 1.82) is 0 Å². The number of nitrogens with zero attached hydrogens (tertiary/aromatic N) is 2. The van der Waals surface area contributed by atoms with E-state index in [1.165, 1.54) is 5.56 Å². The molecule has 0 fully saturated rings. The van der Waals surface area contributed by atoms with Crippen LogP contribution in [-0.2, 0) is 0 Å². The van der Waals surface area contributed by atoms with E-state index < -0.39 is 0 Å². The van der Waals surface area contributed by atoms with Crippen LogP contribution >= 0.6 is 0 Å². The Hall–Kier alpha value is -1.68. The number of aromatic nitrogens is 3. The molecule has 4 heteroatoms. The Morgan fingerprint density at radius 2 is 2.20 bits per heavy atom. The summed E-state index contributed by atoms with van der Waals surface area (Å²) < 4.78 is 0. The molecule has 3 N–H and O–H groups in total. The van der Waals surface area contributed by atoms with E-state index in [0.29, 0.717) is 11.6 Å². The maximum atomic E-state index is 5.70. The Morgan fingerprint density at radius 1 is 1.40 bits per heavy atom. The normalized spacial score (nSPS) is 12.7. The van der Waals surface area contributed by atoms with Crippen molar-refractivity contribution < 1.29 is 0 Å². The van der Waals surface area contributed by atoms with E-state index in [4.69, 9.17) is 5.73 Å². The zero-order valence-corrected chi connectivity index (χ0v) is 8.86. The molecule has 2 aromatic rings. The number of aryl methyl sites for hydroxylation is 1. The van der Waals surface area contributed by atoms with Crippen LogP contribution < -0.4 is 5.73 Å². The number of hydrogen-bond acceptors (Lipinski definition) is 3. The molecule has 0 saturated carbocycles. The maximum Gasteiger partial charge on any atom is 0.181 e. The van der Waals surface area contributed by atoms with E-state index in [9.17, 15) is 0 Å². The van der Waals surface area contributed by atoms with Gasteiger partial charge in [0.15, 0.2) is 5.82 Å². The van der Waals surface area contributed by atoms with Crippen molar-refractivity contribution in [2.45, 2.75) is 19.9 Å². The standard InChI is InChI=1S/C11H14N4/c1-7-4-3-5-9(6-7)11-13-10(8(2)12)14-15-11/h3-6,8H,12H2,1-2H3,(H,13,14,15)/t8-/m1/s1. The molecule has 78 valence electrons. The summed E-state index contributed by atoms with van der Waals surface area (Å²) >= 11 is 0. The highest BCUT2D eigenvalue weighted by Crippen LogP contribution is 2.16. The average Bonchev–Trinajstić information content (AvgIpc) is 2.66. The molecular formula is C11H14N4. The summed E-state index contributed by atoms with van der Waals surface area (Å²) in [6.45, 7) is 3.92. The van der Waals surface area contributed by atoms with Gasteiger partial charge in [-0.25, -0.2) is 4.98 Å². The van der Waals surface area contributed by atoms with Crippen molar-refractivity contribution >= 4 is 0 Å². The van der Waals surface area contributed by atoms with Crippen molar-refractivity contribution in [3.8, 4) is 11.4 Å². The molecule has 0 aliphatic carbocycles. The number of benzene rings is 1. The van der Waals surface area contributed by atoms with Crippen LogP contribution in [0.1, 0.15) is 24.4 Å². The van der Waals surface area contributed by atoms with Gasteiger partial charge in [0.2, 0.25) is 0 Å². The Bertz CT molecular complexity index is 459. The van der Waals surface area contributed by atoms with E-state index in [0.717, 1.165) is 5.56 Å². The van der Waals surface area contributed by atoms with E-state index in [1.807, 2.05) is 38.1 Å². The summed E-state index contributed by atoms with van der Waals surface area (Å²) in [5.74, 6) is 1.41. The van der Waals surface area contributed by atoms with Crippen molar-refractivity contribution in [2.24, 2.45) is 5.73 Å². The van der Waals surface area contributed by atoms with Crippen LogP contribution in [-0.4, -0.2) is 15.2 Å². The minimum atomic E-state index is -0.115. The fourth-order valence-corrected chi connectivity index (χ4v) is 1.39. The molecule has 0 saturated heterocycles. The summed E-state index contributed by atoms with van der Waals surface area (Å²) in [6.07, 6.45) is 0. The van der Waals surface area contributed by atoms with Gasteiger partial charge in [-0.1, -0.05) is 23.8 Å². The number of H-pyrrole nitrogens is 1. The molecular weight excluding hydrogens is 188 g/mol. The van der Waals surface area contributed by atoms with Crippen LogP contribution in [0.4, 0.5) is 0 Å². The Labute approximate surface area is 88.5 Å². The third-order valence-electron chi connectivity index (χ3n) is 2.21. The van der Waals surface area contributed by atoms with Crippen LogP contribution in [0.3, 0.4) is 0 Å². The zero-order chi connectivity index (χ0) is 10.8. The summed E-state index contributed by atoms with van der Waals surface area (Å²) in [5, 5.41) is 6.97. The molecule has 2 rings (SSSR count). The molecule has 0 amide bonds. The molecule has 15 heavy (non-hydrogen) atoms. The predicted octanol–water partition coefficient (Wildman–Crippen LogP) is 1.80. The molecule has 0 bridgehead atoms.